The molecule has 0 saturated carbocycles. The van der Waals surface area contributed by atoms with Gasteiger partial charge in [0, 0.05) is 12.7 Å². The number of thioether (sulfide) groups is 1. The van der Waals surface area contributed by atoms with Crippen molar-refractivity contribution in [1.29, 1.82) is 0 Å². The van der Waals surface area contributed by atoms with Crippen LogP contribution < -0.4 is 15.6 Å². The van der Waals surface area contributed by atoms with E-state index in [2.05, 4.69) is 15.3 Å². The summed E-state index contributed by atoms with van der Waals surface area (Å²) in [5.41, 5.74) is 1.96. The van der Waals surface area contributed by atoms with Crippen LogP contribution in [0, 0.1) is 0 Å². The third-order valence-corrected chi connectivity index (χ3v) is 5.79. The second kappa shape index (κ2) is 10.1. The van der Waals surface area contributed by atoms with E-state index in [4.69, 9.17) is 4.74 Å². The first kappa shape index (κ1) is 21.6. The van der Waals surface area contributed by atoms with Crippen LogP contribution >= 0.6 is 11.8 Å². The predicted molar refractivity (Wildman–Crippen MR) is 126 cm³/mol. The minimum Gasteiger partial charge on any atom is -0.497 e. The average Bonchev–Trinajstić information content (AvgIpc) is 2.84. The van der Waals surface area contributed by atoms with Crippen molar-refractivity contribution in [3.63, 3.8) is 0 Å². The Morgan fingerprint density at radius 2 is 1.84 bits per heavy atom. The van der Waals surface area contributed by atoms with Crippen molar-refractivity contribution in [2.45, 2.75) is 11.6 Å². The predicted octanol–water partition coefficient (Wildman–Crippen LogP) is 3.24. The lowest BCUT2D eigenvalue weighted by atomic mass is 10.1. The zero-order valence-corrected chi connectivity index (χ0v) is 18.3. The normalized spacial score (nSPS) is 10.8. The third kappa shape index (κ3) is 4.97. The quantitative estimate of drug-likeness (QED) is 0.330. The Balaban J connectivity index is 1.46. The first-order valence-electron chi connectivity index (χ1n) is 10.1. The van der Waals surface area contributed by atoms with Crippen molar-refractivity contribution >= 4 is 28.7 Å². The highest BCUT2D eigenvalue weighted by molar-refractivity contribution is 7.99. The fourth-order valence-electron chi connectivity index (χ4n) is 3.22. The van der Waals surface area contributed by atoms with E-state index in [0.29, 0.717) is 34.8 Å². The summed E-state index contributed by atoms with van der Waals surface area (Å²) in [7, 11) is 1.63. The molecular formula is C24H22N4O3S. The van der Waals surface area contributed by atoms with Crippen LogP contribution in [0.3, 0.4) is 0 Å². The monoisotopic (exact) mass is 446 g/mol. The highest BCUT2D eigenvalue weighted by Gasteiger charge is 2.15. The molecule has 2 aromatic carbocycles. The van der Waals surface area contributed by atoms with Gasteiger partial charge in [-0.2, -0.15) is 0 Å². The van der Waals surface area contributed by atoms with Crippen LogP contribution in [0.5, 0.6) is 5.75 Å². The van der Waals surface area contributed by atoms with Gasteiger partial charge < -0.3 is 10.1 Å². The van der Waals surface area contributed by atoms with Crippen LogP contribution in [-0.4, -0.2) is 39.8 Å². The minimum atomic E-state index is -0.211. The van der Waals surface area contributed by atoms with Gasteiger partial charge in [-0.1, -0.05) is 42.1 Å². The van der Waals surface area contributed by atoms with Gasteiger partial charge in [0.15, 0.2) is 10.8 Å². The third-order valence-electron chi connectivity index (χ3n) is 4.85. The second-order valence-electron chi connectivity index (χ2n) is 6.98. The summed E-state index contributed by atoms with van der Waals surface area (Å²) in [4.78, 5) is 34.3. The number of ether oxygens (including phenoxy) is 1. The summed E-state index contributed by atoms with van der Waals surface area (Å²) < 4.78 is 6.68. The van der Waals surface area contributed by atoms with Crippen LogP contribution in [0.2, 0.25) is 0 Å². The lowest BCUT2D eigenvalue weighted by Gasteiger charge is -2.12. The number of fused-ring (bicyclic) bond motifs is 1. The summed E-state index contributed by atoms with van der Waals surface area (Å²) in [5, 5.41) is 3.78. The number of pyridine rings is 1. The van der Waals surface area contributed by atoms with E-state index in [1.54, 1.807) is 25.4 Å². The maximum Gasteiger partial charge on any atom is 0.268 e. The van der Waals surface area contributed by atoms with E-state index in [0.717, 1.165) is 11.3 Å². The van der Waals surface area contributed by atoms with Crippen molar-refractivity contribution < 1.29 is 9.53 Å². The topological polar surface area (TPSA) is 86.1 Å². The van der Waals surface area contributed by atoms with Crippen LogP contribution in [0.1, 0.15) is 5.56 Å². The number of amides is 1. The first-order chi connectivity index (χ1) is 15.7. The van der Waals surface area contributed by atoms with E-state index in [1.165, 1.54) is 16.3 Å². The van der Waals surface area contributed by atoms with E-state index >= 15 is 0 Å². The number of nitrogens with zero attached hydrogens (tertiary/aromatic N) is 3. The molecule has 0 aliphatic carbocycles. The summed E-state index contributed by atoms with van der Waals surface area (Å²) in [6, 6.07) is 20.4. The zero-order chi connectivity index (χ0) is 22.3. The number of para-hydroxylation sites is 1. The molecule has 162 valence electrons. The number of hydrogen-bond acceptors (Lipinski definition) is 6. The molecule has 0 radical (unpaired) electrons. The molecule has 0 fully saturated rings. The molecular weight excluding hydrogens is 424 g/mol. The fourth-order valence-corrected chi connectivity index (χ4v) is 4.05. The van der Waals surface area contributed by atoms with Crippen molar-refractivity contribution in [3.05, 3.63) is 88.8 Å². The maximum absolute atomic E-state index is 13.1. The lowest BCUT2D eigenvalue weighted by Crippen LogP contribution is -2.28. The number of rotatable bonds is 8. The van der Waals surface area contributed by atoms with Gasteiger partial charge in [0.25, 0.3) is 5.56 Å². The van der Waals surface area contributed by atoms with Gasteiger partial charge in [-0.25, -0.2) is 9.97 Å². The molecule has 32 heavy (non-hydrogen) atoms. The molecule has 0 atom stereocenters. The second-order valence-corrected chi connectivity index (χ2v) is 7.92. The van der Waals surface area contributed by atoms with Gasteiger partial charge in [0.2, 0.25) is 5.91 Å². The molecule has 7 nitrogen and oxygen atoms in total. The van der Waals surface area contributed by atoms with E-state index in [-0.39, 0.29) is 17.2 Å². The summed E-state index contributed by atoms with van der Waals surface area (Å²) >= 11 is 1.21. The highest BCUT2D eigenvalue weighted by Crippen LogP contribution is 2.20. The van der Waals surface area contributed by atoms with Crippen molar-refractivity contribution in [2.75, 3.05) is 19.4 Å². The molecule has 1 N–H and O–H groups in total. The molecule has 2 heterocycles. The Bertz CT molecular complexity index is 1270. The molecule has 4 rings (SSSR count). The Morgan fingerprint density at radius 3 is 2.59 bits per heavy atom. The number of benzene rings is 2. The van der Waals surface area contributed by atoms with E-state index in [9.17, 15) is 9.59 Å². The largest absolute Gasteiger partial charge is 0.497 e. The highest BCUT2D eigenvalue weighted by atomic mass is 32.2. The molecule has 0 unspecified atom stereocenters. The number of methoxy groups -OCH3 is 1. The van der Waals surface area contributed by atoms with Gasteiger partial charge in [-0.3, -0.25) is 14.2 Å². The number of carbonyl (C=O) groups is 1. The maximum atomic E-state index is 13.1. The van der Waals surface area contributed by atoms with Crippen LogP contribution in [-0.2, 0) is 11.2 Å². The van der Waals surface area contributed by atoms with Crippen molar-refractivity contribution in [1.82, 2.24) is 19.9 Å². The lowest BCUT2D eigenvalue weighted by molar-refractivity contribution is -0.118. The molecule has 0 spiro atoms. The van der Waals surface area contributed by atoms with Gasteiger partial charge in [0.05, 0.1) is 23.9 Å². The molecule has 0 aliphatic rings. The first-order valence-corrected chi connectivity index (χ1v) is 11.1. The smallest absolute Gasteiger partial charge is 0.268 e. The zero-order valence-electron chi connectivity index (χ0n) is 17.5. The number of aromatic nitrogens is 3. The summed E-state index contributed by atoms with van der Waals surface area (Å²) in [6.07, 6.45) is 2.31. The van der Waals surface area contributed by atoms with Crippen LogP contribution in [0.15, 0.2) is 82.9 Å². The molecule has 1 amide bonds. The van der Waals surface area contributed by atoms with Gasteiger partial charge in [0.1, 0.15) is 5.75 Å². The van der Waals surface area contributed by atoms with Gasteiger partial charge >= 0.3 is 0 Å². The van der Waals surface area contributed by atoms with E-state index < -0.39 is 0 Å². The molecule has 0 saturated heterocycles. The number of hydrogen-bond donors (Lipinski definition) is 1. The van der Waals surface area contributed by atoms with Crippen molar-refractivity contribution in [3.8, 4) is 11.4 Å². The molecule has 8 heteroatoms. The number of nitrogens with one attached hydrogen (secondary N) is 1. The Kier molecular flexibility index (Phi) is 6.81. The Hall–Kier alpha value is -3.65. The minimum absolute atomic E-state index is 0.126. The van der Waals surface area contributed by atoms with Crippen LogP contribution in [0.25, 0.3) is 16.7 Å². The summed E-state index contributed by atoms with van der Waals surface area (Å²) in [6.45, 7) is 0.518. The average molecular weight is 447 g/mol. The van der Waals surface area contributed by atoms with E-state index in [1.807, 2.05) is 54.6 Å². The Labute approximate surface area is 189 Å². The number of carbonyl (C=O) groups excluding carboxylic acids is 1. The molecule has 2 aromatic heterocycles. The van der Waals surface area contributed by atoms with Crippen LogP contribution in [0.4, 0.5) is 0 Å². The molecule has 0 bridgehead atoms. The summed E-state index contributed by atoms with van der Waals surface area (Å²) in [5.74, 6) is 0.815. The Morgan fingerprint density at radius 1 is 1.06 bits per heavy atom. The molecule has 0 aliphatic heterocycles. The van der Waals surface area contributed by atoms with Crippen molar-refractivity contribution in [2.24, 2.45) is 0 Å². The standard InChI is InChI=1S/C24H22N4O3S/c1-31-19-11-9-17(10-12-19)13-15-25-21(29)16-32-24-27-22-20(8-5-14-26-22)23(30)28(24)18-6-3-2-4-7-18/h2-12,14H,13,15-16H2,1H3,(H,25,29). The molecule has 4 aromatic rings. The van der Waals surface area contributed by atoms with Gasteiger partial charge in [-0.15, -0.1) is 0 Å². The SMILES string of the molecule is COc1ccc(CCNC(=O)CSc2nc3ncccc3c(=O)n2-c2ccccc2)cc1. The fraction of sp³-hybridized carbons (Fsp3) is 0.167. The van der Waals surface area contributed by atoms with Gasteiger partial charge in [-0.05, 0) is 48.4 Å².